The Kier molecular flexibility index (Phi) is 7.47. The Morgan fingerprint density at radius 1 is 1.25 bits per heavy atom. The number of nitrogens with zero attached hydrogens (tertiary/aromatic N) is 1. The van der Waals surface area contributed by atoms with Gasteiger partial charge in [0, 0.05) is 11.1 Å². The van der Waals surface area contributed by atoms with Crippen LogP contribution >= 0.6 is 11.3 Å². The topological polar surface area (TPSA) is 50.9 Å². The molecule has 116 valence electrons. The van der Waals surface area contributed by atoms with Crippen molar-refractivity contribution in [3.63, 3.8) is 0 Å². The van der Waals surface area contributed by atoms with E-state index in [2.05, 4.69) is 17.3 Å². The summed E-state index contributed by atoms with van der Waals surface area (Å²) in [7, 11) is 0. The van der Waals surface area contributed by atoms with Gasteiger partial charge in [0.15, 0.2) is 5.01 Å². The van der Waals surface area contributed by atoms with Crippen molar-refractivity contribution in [1.82, 2.24) is 10.4 Å². The van der Waals surface area contributed by atoms with E-state index in [-0.39, 0.29) is 6.04 Å². The van der Waals surface area contributed by atoms with Crippen LogP contribution in [0.2, 0.25) is 0 Å². The van der Waals surface area contributed by atoms with Crippen LogP contribution in [0.3, 0.4) is 0 Å². The highest BCUT2D eigenvalue weighted by Crippen LogP contribution is 2.35. The number of halogens is 3. The molecule has 1 aromatic rings. The normalized spacial score (nSPS) is 13.7. The molecular formula is C13H22F3N3S. The molecule has 1 aromatic heterocycles. The molecular weight excluding hydrogens is 287 g/mol. The molecule has 0 aromatic carbocycles. The predicted octanol–water partition coefficient (Wildman–Crippen LogP) is 4.42. The Hall–Kier alpha value is -0.660. The molecule has 3 N–H and O–H groups in total. The molecule has 0 aliphatic heterocycles. The molecule has 0 fully saturated rings. The number of aromatic nitrogens is 1. The zero-order valence-electron chi connectivity index (χ0n) is 11.7. The van der Waals surface area contributed by atoms with Crippen molar-refractivity contribution in [2.45, 2.75) is 64.1 Å². The first-order valence-corrected chi connectivity index (χ1v) is 7.79. The summed E-state index contributed by atoms with van der Waals surface area (Å²) in [5, 5.41) is -0.810. The fraction of sp³-hybridized carbons (Fsp3) is 0.769. The van der Waals surface area contributed by atoms with Crippen molar-refractivity contribution in [3.05, 3.63) is 16.1 Å². The SMILES string of the molecule is CCCCCCCCC(NN)c1cnc(C(F)(F)F)s1. The van der Waals surface area contributed by atoms with Gasteiger partial charge in [-0.3, -0.25) is 11.3 Å². The van der Waals surface area contributed by atoms with Gasteiger partial charge in [-0.1, -0.05) is 45.4 Å². The third-order valence-corrected chi connectivity index (χ3v) is 4.31. The maximum atomic E-state index is 12.5. The molecule has 1 atom stereocenters. The van der Waals surface area contributed by atoms with Gasteiger partial charge < -0.3 is 0 Å². The summed E-state index contributed by atoms with van der Waals surface area (Å²) < 4.78 is 37.5. The van der Waals surface area contributed by atoms with Crippen molar-refractivity contribution in [1.29, 1.82) is 0 Å². The van der Waals surface area contributed by atoms with Gasteiger partial charge in [-0.25, -0.2) is 4.98 Å². The molecule has 0 aliphatic rings. The molecule has 1 rings (SSSR count). The standard InChI is InChI=1S/C13H22F3N3S/c1-2-3-4-5-6-7-8-10(19-17)11-9-18-12(20-11)13(14,15)16/h9-10,19H,2-8,17H2,1H3. The highest BCUT2D eigenvalue weighted by molar-refractivity contribution is 7.11. The van der Waals surface area contributed by atoms with Crippen LogP contribution in [-0.2, 0) is 6.18 Å². The van der Waals surface area contributed by atoms with Gasteiger partial charge in [0.25, 0.3) is 0 Å². The van der Waals surface area contributed by atoms with Crippen molar-refractivity contribution in [3.8, 4) is 0 Å². The van der Waals surface area contributed by atoms with Crippen LogP contribution in [0.15, 0.2) is 6.20 Å². The maximum Gasteiger partial charge on any atom is 0.443 e. The second kappa shape index (κ2) is 8.59. The second-order valence-electron chi connectivity index (χ2n) is 4.84. The van der Waals surface area contributed by atoms with Crippen LogP contribution in [0.4, 0.5) is 13.2 Å². The van der Waals surface area contributed by atoms with E-state index in [1.807, 2.05) is 0 Å². The van der Waals surface area contributed by atoms with E-state index in [9.17, 15) is 13.2 Å². The fourth-order valence-electron chi connectivity index (χ4n) is 2.02. The summed E-state index contributed by atoms with van der Waals surface area (Å²) in [4.78, 5) is 3.97. The number of hydrogen-bond acceptors (Lipinski definition) is 4. The first kappa shape index (κ1) is 17.4. The van der Waals surface area contributed by atoms with E-state index in [0.29, 0.717) is 16.2 Å². The van der Waals surface area contributed by atoms with Crippen LogP contribution in [0.25, 0.3) is 0 Å². The molecule has 0 radical (unpaired) electrons. The lowest BCUT2D eigenvalue weighted by atomic mass is 10.1. The summed E-state index contributed by atoms with van der Waals surface area (Å²) in [5.74, 6) is 5.43. The van der Waals surface area contributed by atoms with E-state index in [0.717, 1.165) is 19.3 Å². The van der Waals surface area contributed by atoms with Crippen LogP contribution in [0.5, 0.6) is 0 Å². The zero-order valence-corrected chi connectivity index (χ0v) is 12.5. The summed E-state index contributed by atoms with van der Waals surface area (Å²) in [6.45, 7) is 2.16. The van der Waals surface area contributed by atoms with Crippen molar-refractivity contribution in [2.75, 3.05) is 0 Å². The smallest absolute Gasteiger partial charge is 0.271 e. The first-order valence-electron chi connectivity index (χ1n) is 6.98. The van der Waals surface area contributed by atoms with Crippen molar-refractivity contribution in [2.24, 2.45) is 5.84 Å². The van der Waals surface area contributed by atoms with E-state index >= 15 is 0 Å². The summed E-state index contributed by atoms with van der Waals surface area (Å²) in [5.41, 5.74) is 2.59. The number of nitrogens with two attached hydrogens (primary N) is 1. The Morgan fingerprint density at radius 3 is 2.45 bits per heavy atom. The average Bonchev–Trinajstić information content (AvgIpc) is 2.87. The van der Waals surface area contributed by atoms with E-state index in [1.165, 1.54) is 31.9 Å². The molecule has 0 amide bonds. The zero-order chi connectivity index (χ0) is 15.0. The quantitative estimate of drug-likeness (QED) is 0.403. The number of rotatable bonds is 9. The summed E-state index contributed by atoms with van der Waals surface area (Å²) in [6.07, 6.45) is 4.51. The number of thiazole rings is 1. The molecule has 1 heterocycles. The van der Waals surface area contributed by atoms with Crippen molar-refractivity contribution < 1.29 is 13.2 Å². The molecule has 7 heteroatoms. The molecule has 1 unspecified atom stereocenters. The van der Waals surface area contributed by atoms with Gasteiger partial charge in [-0.15, -0.1) is 11.3 Å². The van der Waals surface area contributed by atoms with Crippen LogP contribution in [0, 0.1) is 0 Å². The number of nitrogens with one attached hydrogen (secondary N) is 1. The highest BCUT2D eigenvalue weighted by atomic mass is 32.1. The number of hydrogen-bond donors (Lipinski definition) is 2. The van der Waals surface area contributed by atoms with Crippen LogP contribution in [0.1, 0.15) is 67.8 Å². The minimum atomic E-state index is -4.37. The van der Waals surface area contributed by atoms with Gasteiger partial charge in [0.05, 0.1) is 6.04 Å². The Balaban J connectivity index is 2.40. The monoisotopic (exact) mass is 309 g/mol. The number of hydrazine groups is 1. The second-order valence-corrected chi connectivity index (χ2v) is 5.90. The predicted molar refractivity (Wildman–Crippen MR) is 75.2 cm³/mol. The maximum absolute atomic E-state index is 12.5. The van der Waals surface area contributed by atoms with Gasteiger partial charge >= 0.3 is 6.18 Å². The summed E-state index contributed by atoms with van der Waals surface area (Å²) >= 11 is 0.666. The first-order chi connectivity index (χ1) is 9.49. The number of alkyl halides is 3. The molecule has 20 heavy (non-hydrogen) atoms. The molecule has 0 saturated carbocycles. The average molecular weight is 309 g/mol. The minimum Gasteiger partial charge on any atom is -0.271 e. The fourth-order valence-corrected chi connectivity index (χ4v) is 2.89. The molecule has 0 bridgehead atoms. The largest absolute Gasteiger partial charge is 0.443 e. The molecule has 3 nitrogen and oxygen atoms in total. The third-order valence-electron chi connectivity index (χ3n) is 3.16. The van der Waals surface area contributed by atoms with Gasteiger partial charge in [0.1, 0.15) is 0 Å². The van der Waals surface area contributed by atoms with E-state index in [4.69, 9.17) is 5.84 Å². The Labute approximate surface area is 121 Å². The Bertz CT molecular complexity index is 379. The highest BCUT2D eigenvalue weighted by Gasteiger charge is 2.35. The van der Waals surface area contributed by atoms with Gasteiger partial charge in [-0.2, -0.15) is 13.2 Å². The minimum absolute atomic E-state index is 0.241. The van der Waals surface area contributed by atoms with Gasteiger partial charge in [-0.05, 0) is 6.42 Å². The molecule has 0 spiro atoms. The van der Waals surface area contributed by atoms with Crippen LogP contribution in [-0.4, -0.2) is 4.98 Å². The van der Waals surface area contributed by atoms with E-state index < -0.39 is 11.2 Å². The van der Waals surface area contributed by atoms with Gasteiger partial charge in [0.2, 0.25) is 0 Å². The number of unbranched alkanes of at least 4 members (excludes halogenated alkanes) is 5. The van der Waals surface area contributed by atoms with E-state index in [1.54, 1.807) is 0 Å². The lowest BCUT2D eigenvalue weighted by Crippen LogP contribution is -2.27. The molecule has 0 aliphatic carbocycles. The molecule has 0 saturated heterocycles. The van der Waals surface area contributed by atoms with Crippen molar-refractivity contribution >= 4 is 11.3 Å². The Morgan fingerprint density at radius 2 is 1.90 bits per heavy atom. The third kappa shape index (κ3) is 5.76. The lowest BCUT2D eigenvalue weighted by Gasteiger charge is -2.13. The summed E-state index contributed by atoms with van der Waals surface area (Å²) in [6, 6.07) is -0.241. The van der Waals surface area contributed by atoms with Crippen LogP contribution < -0.4 is 11.3 Å². The lowest BCUT2D eigenvalue weighted by molar-refractivity contribution is -0.137.